The molecule has 0 aromatic rings. The van der Waals surface area contributed by atoms with E-state index in [4.69, 9.17) is 9.47 Å². The highest BCUT2D eigenvalue weighted by molar-refractivity contribution is 5.99. The maximum atomic E-state index is 14.2. The van der Waals surface area contributed by atoms with Gasteiger partial charge in [-0.25, -0.2) is 0 Å². The SMILES string of the molecule is C[C@H](CO)N1C(=O)[C@@H]2[C@@H]3C(=O)OCCC=C[C@]3(C)O[C@@]23C=CCN(C2CCCCC2)C(=O)C13. The van der Waals surface area contributed by atoms with Crippen LogP contribution in [-0.4, -0.2) is 81.8 Å². The fourth-order valence-corrected chi connectivity index (χ4v) is 6.73. The fourth-order valence-electron chi connectivity index (χ4n) is 6.73. The van der Waals surface area contributed by atoms with Gasteiger partial charge in [0.25, 0.3) is 0 Å². The lowest BCUT2D eigenvalue weighted by molar-refractivity contribution is -0.162. The summed E-state index contributed by atoms with van der Waals surface area (Å²) in [4.78, 5) is 44.6. The molecule has 1 aliphatic carbocycles. The van der Waals surface area contributed by atoms with Crippen molar-refractivity contribution in [3.8, 4) is 0 Å². The number of fused-ring (bicyclic) bond motifs is 2. The van der Waals surface area contributed by atoms with Gasteiger partial charge in [0.2, 0.25) is 11.8 Å². The summed E-state index contributed by atoms with van der Waals surface area (Å²) in [5, 5.41) is 9.97. The molecule has 8 heteroatoms. The number of hydrogen-bond acceptors (Lipinski definition) is 6. The molecule has 0 bridgehead atoms. The second kappa shape index (κ2) is 8.24. The normalized spacial score (nSPS) is 40.0. The van der Waals surface area contributed by atoms with Gasteiger partial charge in [-0.1, -0.05) is 43.6 Å². The Morgan fingerprint density at radius 2 is 1.85 bits per heavy atom. The van der Waals surface area contributed by atoms with E-state index in [1.54, 1.807) is 13.8 Å². The molecular formula is C25H34N2O6. The third-order valence-corrected chi connectivity index (χ3v) is 8.24. The zero-order chi connectivity index (χ0) is 23.4. The van der Waals surface area contributed by atoms with Crippen molar-refractivity contribution in [2.45, 2.75) is 81.7 Å². The molecule has 180 valence electrons. The number of carbonyl (C=O) groups excluding carboxylic acids is 3. The Balaban J connectivity index is 1.63. The molecule has 6 atom stereocenters. The Labute approximate surface area is 194 Å². The van der Waals surface area contributed by atoms with Crippen LogP contribution in [0.4, 0.5) is 0 Å². The van der Waals surface area contributed by atoms with Gasteiger partial charge in [0.15, 0.2) is 0 Å². The lowest BCUT2D eigenvalue weighted by Crippen LogP contribution is -2.59. The summed E-state index contributed by atoms with van der Waals surface area (Å²) in [6, 6.07) is -1.38. The molecule has 5 aliphatic rings. The molecule has 8 nitrogen and oxygen atoms in total. The largest absolute Gasteiger partial charge is 0.465 e. The van der Waals surface area contributed by atoms with E-state index in [0.29, 0.717) is 13.0 Å². The van der Waals surface area contributed by atoms with Crippen LogP contribution in [0, 0.1) is 11.8 Å². The summed E-state index contributed by atoms with van der Waals surface area (Å²) >= 11 is 0. The van der Waals surface area contributed by atoms with Crippen molar-refractivity contribution in [2.75, 3.05) is 19.8 Å². The van der Waals surface area contributed by atoms with Crippen molar-refractivity contribution in [3.63, 3.8) is 0 Å². The first-order valence-corrected chi connectivity index (χ1v) is 12.3. The topological polar surface area (TPSA) is 96.4 Å². The van der Waals surface area contributed by atoms with E-state index < -0.39 is 41.1 Å². The second-order valence-electron chi connectivity index (χ2n) is 10.3. The minimum Gasteiger partial charge on any atom is -0.465 e. The molecule has 1 saturated carbocycles. The van der Waals surface area contributed by atoms with Gasteiger partial charge in [-0.05, 0) is 33.1 Å². The van der Waals surface area contributed by atoms with E-state index in [2.05, 4.69) is 0 Å². The van der Waals surface area contributed by atoms with Crippen molar-refractivity contribution >= 4 is 17.8 Å². The van der Waals surface area contributed by atoms with Gasteiger partial charge in [0, 0.05) is 12.6 Å². The first-order chi connectivity index (χ1) is 15.8. The highest BCUT2D eigenvalue weighted by Gasteiger charge is 2.75. The maximum Gasteiger partial charge on any atom is 0.313 e. The van der Waals surface area contributed by atoms with Crippen LogP contribution < -0.4 is 0 Å². The first-order valence-electron chi connectivity index (χ1n) is 12.3. The number of likely N-dealkylation sites (tertiary alicyclic amines) is 1. The second-order valence-corrected chi connectivity index (χ2v) is 10.3. The Hall–Kier alpha value is -2.19. The van der Waals surface area contributed by atoms with Gasteiger partial charge in [-0.3, -0.25) is 14.4 Å². The lowest BCUT2D eigenvalue weighted by Gasteiger charge is -2.41. The number of ether oxygens (including phenoxy) is 2. The summed E-state index contributed by atoms with van der Waals surface area (Å²) in [6.45, 7) is 3.96. The van der Waals surface area contributed by atoms with Crippen molar-refractivity contribution in [2.24, 2.45) is 11.8 Å². The van der Waals surface area contributed by atoms with Crippen LogP contribution in [0.3, 0.4) is 0 Å². The van der Waals surface area contributed by atoms with E-state index in [9.17, 15) is 19.5 Å². The molecule has 3 fully saturated rings. The average molecular weight is 459 g/mol. The summed E-state index contributed by atoms with van der Waals surface area (Å²) in [6.07, 6.45) is 13.4. The number of hydrogen-bond donors (Lipinski definition) is 1. The summed E-state index contributed by atoms with van der Waals surface area (Å²) in [5.41, 5.74) is -2.34. The van der Waals surface area contributed by atoms with Crippen molar-refractivity contribution < 1.29 is 29.0 Å². The van der Waals surface area contributed by atoms with Crippen LogP contribution in [0.1, 0.15) is 52.4 Å². The maximum absolute atomic E-state index is 14.2. The predicted octanol–water partition coefficient (Wildman–Crippen LogP) is 1.57. The molecule has 5 rings (SSSR count). The van der Waals surface area contributed by atoms with Gasteiger partial charge in [0.05, 0.1) is 30.8 Å². The summed E-state index contributed by atoms with van der Waals surface area (Å²) < 4.78 is 12.2. The van der Waals surface area contributed by atoms with Crippen molar-refractivity contribution in [1.82, 2.24) is 9.80 Å². The highest BCUT2D eigenvalue weighted by Crippen LogP contribution is 2.57. The molecule has 1 unspecified atom stereocenters. The quantitative estimate of drug-likeness (QED) is 0.510. The molecule has 2 saturated heterocycles. The van der Waals surface area contributed by atoms with E-state index in [1.807, 2.05) is 29.2 Å². The molecule has 0 radical (unpaired) electrons. The minimum atomic E-state index is -1.28. The molecular weight excluding hydrogens is 424 g/mol. The number of aliphatic hydroxyl groups is 1. The Bertz CT molecular complexity index is 895. The van der Waals surface area contributed by atoms with Gasteiger partial charge >= 0.3 is 5.97 Å². The Morgan fingerprint density at radius 1 is 1.09 bits per heavy atom. The minimum absolute atomic E-state index is 0.127. The molecule has 1 N–H and O–H groups in total. The smallest absolute Gasteiger partial charge is 0.313 e. The van der Waals surface area contributed by atoms with E-state index in [-0.39, 0.29) is 31.1 Å². The zero-order valence-electron chi connectivity index (χ0n) is 19.4. The van der Waals surface area contributed by atoms with Gasteiger partial charge < -0.3 is 24.4 Å². The standard InChI is InChI=1S/C25H34N2O6/c1-16(15-28)27-20-22(30)26(17-9-4-3-5-10-17)13-8-12-25(20)18(21(27)29)19-23(31)32-14-7-6-11-24(19,2)33-25/h6,8,11-12,16-20,28H,3-5,7,9-10,13-15H2,1-2H3/t16-,18+,19-,20?,24+,25+/m1/s1. The average Bonchev–Trinajstić information content (AvgIpc) is 3.13. The van der Waals surface area contributed by atoms with E-state index in [1.165, 1.54) is 11.3 Å². The zero-order valence-corrected chi connectivity index (χ0v) is 19.4. The van der Waals surface area contributed by atoms with Crippen molar-refractivity contribution in [1.29, 1.82) is 0 Å². The van der Waals surface area contributed by atoms with E-state index >= 15 is 0 Å². The number of cyclic esters (lactones) is 1. The van der Waals surface area contributed by atoms with Crippen LogP contribution in [0.5, 0.6) is 0 Å². The number of nitrogens with zero attached hydrogens (tertiary/aromatic N) is 2. The molecule has 2 amide bonds. The molecule has 33 heavy (non-hydrogen) atoms. The van der Waals surface area contributed by atoms with Crippen LogP contribution in [0.25, 0.3) is 0 Å². The number of carbonyl (C=O) groups is 3. The van der Waals surface area contributed by atoms with Gasteiger partial charge in [-0.15, -0.1) is 0 Å². The summed E-state index contributed by atoms with van der Waals surface area (Å²) in [5.74, 6) is -2.70. The molecule has 0 aromatic carbocycles. The number of amides is 2. The predicted molar refractivity (Wildman–Crippen MR) is 119 cm³/mol. The highest BCUT2D eigenvalue weighted by atomic mass is 16.6. The third kappa shape index (κ3) is 3.28. The number of esters is 1. The van der Waals surface area contributed by atoms with Crippen LogP contribution in [-0.2, 0) is 23.9 Å². The lowest BCUT2D eigenvalue weighted by atomic mass is 9.74. The Kier molecular flexibility index (Phi) is 5.64. The summed E-state index contributed by atoms with van der Waals surface area (Å²) in [7, 11) is 0. The fraction of sp³-hybridized carbons (Fsp3) is 0.720. The molecule has 4 aliphatic heterocycles. The van der Waals surface area contributed by atoms with Crippen LogP contribution in [0.15, 0.2) is 24.3 Å². The monoisotopic (exact) mass is 458 g/mol. The van der Waals surface area contributed by atoms with Gasteiger partial charge in [0.1, 0.15) is 17.6 Å². The number of rotatable bonds is 3. The van der Waals surface area contributed by atoms with Crippen molar-refractivity contribution in [3.05, 3.63) is 24.3 Å². The number of aliphatic hydroxyl groups excluding tert-OH is 1. The van der Waals surface area contributed by atoms with Crippen LogP contribution in [0.2, 0.25) is 0 Å². The molecule has 1 spiro atoms. The van der Waals surface area contributed by atoms with E-state index in [0.717, 1.165) is 25.7 Å². The third-order valence-electron chi connectivity index (χ3n) is 8.24. The van der Waals surface area contributed by atoms with Crippen LogP contribution >= 0.6 is 0 Å². The molecule has 4 heterocycles. The Morgan fingerprint density at radius 3 is 2.58 bits per heavy atom. The van der Waals surface area contributed by atoms with Gasteiger partial charge in [-0.2, -0.15) is 0 Å². The molecule has 0 aromatic heterocycles. The first kappa shape index (κ1) is 22.6.